The van der Waals surface area contributed by atoms with E-state index >= 15 is 0 Å². The fourth-order valence-corrected chi connectivity index (χ4v) is 0.506. The third kappa shape index (κ3) is 4.53. The zero-order valence-electron chi connectivity index (χ0n) is 7.02. The second-order valence-corrected chi connectivity index (χ2v) is 2.87. The van der Waals surface area contributed by atoms with Gasteiger partial charge in [0.05, 0.1) is 6.10 Å². The minimum absolute atomic E-state index is 0.150. The van der Waals surface area contributed by atoms with Gasteiger partial charge in [-0.05, 0) is 20.8 Å². The summed E-state index contributed by atoms with van der Waals surface area (Å²) in [5.41, 5.74) is 1.09. The van der Waals surface area contributed by atoms with Crippen molar-refractivity contribution >= 4 is 0 Å². The van der Waals surface area contributed by atoms with Crippen LogP contribution in [0.1, 0.15) is 20.8 Å². The second kappa shape index (κ2) is 4.47. The normalized spacial score (nSPS) is 16.4. The summed E-state index contributed by atoms with van der Waals surface area (Å²) in [5, 5.41) is 12.2. The van der Waals surface area contributed by atoms with Crippen LogP contribution in [0.2, 0.25) is 0 Å². The van der Waals surface area contributed by atoms with E-state index in [2.05, 4.69) is 11.9 Å². The molecule has 2 nitrogen and oxygen atoms in total. The molecule has 0 amide bonds. The molecular weight excluding hydrogens is 126 g/mol. The number of nitrogens with one attached hydrogen (secondary N) is 1. The smallest absolute Gasteiger partial charge is 0.0662 e. The molecule has 0 aromatic heterocycles. The maximum absolute atomic E-state index is 9.04. The van der Waals surface area contributed by atoms with Crippen molar-refractivity contribution in [3.05, 3.63) is 12.2 Å². The van der Waals surface area contributed by atoms with Crippen molar-refractivity contribution in [1.82, 2.24) is 5.32 Å². The zero-order valence-corrected chi connectivity index (χ0v) is 7.02. The van der Waals surface area contributed by atoms with E-state index in [0.717, 1.165) is 12.1 Å². The Bertz CT molecular complexity index is 110. The Morgan fingerprint density at radius 2 is 2.10 bits per heavy atom. The van der Waals surface area contributed by atoms with Gasteiger partial charge in [0.15, 0.2) is 0 Å². The molecule has 0 bridgehead atoms. The summed E-state index contributed by atoms with van der Waals surface area (Å²) in [5.74, 6) is 0. The van der Waals surface area contributed by atoms with E-state index in [1.807, 2.05) is 13.8 Å². The molecule has 0 aliphatic heterocycles. The van der Waals surface area contributed by atoms with Crippen LogP contribution in [0, 0.1) is 0 Å². The molecule has 0 saturated heterocycles. The van der Waals surface area contributed by atoms with Crippen molar-refractivity contribution in [2.45, 2.75) is 32.9 Å². The molecule has 0 rings (SSSR count). The molecular formula is C8H17NO. The van der Waals surface area contributed by atoms with Gasteiger partial charge in [0.1, 0.15) is 0 Å². The molecule has 2 unspecified atom stereocenters. The van der Waals surface area contributed by atoms with E-state index in [0.29, 0.717) is 0 Å². The van der Waals surface area contributed by atoms with Gasteiger partial charge in [0.2, 0.25) is 0 Å². The van der Waals surface area contributed by atoms with Crippen LogP contribution in [-0.2, 0) is 0 Å². The lowest BCUT2D eigenvalue weighted by atomic mass is 10.2. The first-order chi connectivity index (χ1) is 4.54. The van der Waals surface area contributed by atoms with E-state index in [1.165, 1.54) is 0 Å². The van der Waals surface area contributed by atoms with Gasteiger partial charge in [0.25, 0.3) is 0 Å². The Hall–Kier alpha value is -0.340. The third-order valence-electron chi connectivity index (χ3n) is 1.45. The van der Waals surface area contributed by atoms with Gasteiger partial charge in [-0.2, -0.15) is 0 Å². The van der Waals surface area contributed by atoms with E-state index in [9.17, 15) is 0 Å². The molecule has 60 valence electrons. The molecule has 10 heavy (non-hydrogen) atoms. The molecule has 0 aliphatic carbocycles. The molecule has 2 heteroatoms. The minimum atomic E-state index is -0.292. The monoisotopic (exact) mass is 143 g/mol. The first-order valence-corrected chi connectivity index (χ1v) is 3.60. The average molecular weight is 143 g/mol. The number of aliphatic hydroxyl groups is 1. The highest BCUT2D eigenvalue weighted by Gasteiger charge is 2.05. The molecule has 0 radical (unpaired) electrons. The molecule has 0 spiro atoms. The highest BCUT2D eigenvalue weighted by atomic mass is 16.3. The van der Waals surface area contributed by atoms with Crippen molar-refractivity contribution in [3.63, 3.8) is 0 Å². The Kier molecular flexibility index (Phi) is 4.32. The fraction of sp³-hybridized carbons (Fsp3) is 0.750. The molecule has 0 aromatic rings. The van der Waals surface area contributed by atoms with Crippen LogP contribution in [0.4, 0.5) is 0 Å². The van der Waals surface area contributed by atoms with Gasteiger partial charge in [0, 0.05) is 12.6 Å². The lowest BCUT2D eigenvalue weighted by Gasteiger charge is -2.15. The summed E-state index contributed by atoms with van der Waals surface area (Å²) < 4.78 is 0. The van der Waals surface area contributed by atoms with Crippen LogP contribution in [-0.4, -0.2) is 23.8 Å². The standard InChI is InChI=1S/C8H17NO/c1-6(2)5-9-7(3)8(4)10/h7-10H,1,5H2,2-4H3. The SMILES string of the molecule is C=C(C)CNC(C)C(C)O. The van der Waals surface area contributed by atoms with E-state index in [-0.39, 0.29) is 12.1 Å². The molecule has 2 N–H and O–H groups in total. The topological polar surface area (TPSA) is 32.3 Å². The average Bonchev–Trinajstić information content (AvgIpc) is 1.82. The molecule has 0 fully saturated rings. The highest BCUT2D eigenvalue weighted by Crippen LogP contribution is 1.91. The number of aliphatic hydroxyl groups excluding tert-OH is 1. The summed E-state index contributed by atoms with van der Waals surface area (Å²) in [6.07, 6.45) is -0.292. The van der Waals surface area contributed by atoms with Crippen LogP contribution >= 0.6 is 0 Å². The van der Waals surface area contributed by atoms with Crippen molar-refractivity contribution in [2.75, 3.05) is 6.54 Å². The Morgan fingerprint density at radius 3 is 2.40 bits per heavy atom. The van der Waals surface area contributed by atoms with Crippen LogP contribution in [0.25, 0.3) is 0 Å². The van der Waals surface area contributed by atoms with Crippen LogP contribution in [0.15, 0.2) is 12.2 Å². The van der Waals surface area contributed by atoms with Gasteiger partial charge < -0.3 is 10.4 Å². The Morgan fingerprint density at radius 1 is 1.60 bits per heavy atom. The van der Waals surface area contributed by atoms with E-state index < -0.39 is 0 Å². The molecule has 0 aromatic carbocycles. The summed E-state index contributed by atoms with van der Waals surface area (Å²) in [4.78, 5) is 0. The highest BCUT2D eigenvalue weighted by molar-refractivity contribution is 4.91. The van der Waals surface area contributed by atoms with Crippen molar-refractivity contribution < 1.29 is 5.11 Å². The maximum Gasteiger partial charge on any atom is 0.0662 e. The number of hydrogen-bond donors (Lipinski definition) is 2. The quantitative estimate of drug-likeness (QED) is 0.574. The predicted octanol–water partition coefficient (Wildman–Crippen LogP) is 0.921. The molecule has 2 atom stereocenters. The van der Waals surface area contributed by atoms with Crippen LogP contribution in [0.3, 0.4) is 0 Å². The number of hydrogen-bond acceptors (Lipinski definition) is 2. The summed E-state index contributed by atoms with van der Waals surface area (Å²) in [6, 6.07) is 0.150. The van der Waals surface area contributed by atoms with Gasteiger partial charge >= 0.3 is 0 Å². The minimum Gasteiger partial charge on any atom is -0.392 e. The van der Waals surface area contributed by atoms with Crippen molar-refractivity contribution in [3.8, 4) is 0 Å². The molecule has 0 heterocycles. The van der Waals surface area contributed by atoms with Crippen molar-refractivity contribution in [1.29, 1.82) is 0 Å². The third-order valence-corrected chi connectivity index (χ3v) is 1.45. The zero-order chi connectivity index (χ0) is 8.15. The molecule has 0 aliphatic rings. The summed E-state index contributed by atoms with van der Waals surface area (Å²) in [7, 11) is 0. The number of rotatable bonds is 4. The summed E-state index contributed by atoms with van der Waals surface area (Å²) in [6.45, 7) is 10.2. The Balaban J connectivity index is 3.39. The van der Waals surface area contributed by atoms with Gasteiger partial charge in [-0.3, -0.25) is 0 Å². The van der Waals surface area contributed by atoms with E-state index in [4.69, 9.17) is 5.11 Å². The van der Waals surface area contributed by atoms with Crippen LogP contribution in [0.5, 0.6) is 0 Å². The first kappa shape index (κ1) is 9.66. The van der Waals surface area contributed by atoms with Gasteiger partial charge in [-0.25, -0.2) is 0 Å². The maximum atomic E-state index is 9.04. The largest absolute Gasteiger partial charge is 0.392 e. The lowest BCUT2D eigenvalue weighted by Crippen LogP contribution is -2.36. The van der Waals surface area contributed by atoms with Crippen molar-refractivity contribution in [2.24, 2.45) is 0 Å². The molecule has 0 saturated carbocycles. The second-order valence-electron chi connectivity index (χ2n) is 2.87. The first-order valence-electron chi connectivity index (χ1n) is 3.60. The fourth-order valence-electron chi connectivity index (χ4n) is 0.506. The van der Waals surface area contributed by atoms with E-state index in [1.54, 1.807) is 6.92 Å². The lowest BCUT2D eigenvalue weighted by molar-refractivity contribution is 0.154. The Labute approximate surface area is 62.9 Å². The van der Waals surface area contributed by atoms with Crippen LogP contribution < -0.4 is 5.32 Å². The summed E-state index contributed by atoms with van der Waals surface area (Å²) >= 11 is 0. The van der Waals surface area contributed by atoms with Gasteiger partial charge in [-0.15, -0.1) is 0 Å². The predicted molar refractivity (Wildman–Crippen MR) is 44.0 cm³/mol. The van der Waals surface area contributed by atoms with Gasteiger partial charge in [-0.1, -0.05) is 12.2 Å².